The molecule has 0 aliphatic heterocycles. The van der Waals surface area contributed by atoms with Gasteiger partial charge in [-0.15, -0.1) is 0 Å². The summed E-state index contributed by atoms with van der Waals surface area (Å²) < 4.78 is 62.1. The topological polar surface area (TPSA) is 43.4 Å². The van der Waals surface area contributed by atoms with Gasteiger partial charge in [0.2, 0.25) is 8.32 Å². The van der Waals surface area contributed by atoms with E-state index in [2.05, 4.69) is 3.87 Å². The molecule has 3 nitrogen and oxygen atoms in total. The third kappa shape index (κ3) is 4.81. The summed E-state index contributed by atoms with van der Waals surface area (Å²) in [4.78, 5) is 0. The third-order valence-electron chi connectivity index (χ3n) is 2.41. The van der Waals surface area contributed by atoms with Gasteiger partial charge >= 0.3 is 15.6 Å². The van der Waals surface area contributed by atoms with Crippen molar-refractivity contribution < 1.29 is 63.2 Å². The van der Waals surface area contributed by atoms with E-state index in [4.69, 9.17) is 0 Å². The van der Waals surface area contributed by atoms with Crippen LogP contribution >= 0.6 is 0 Å². The van der Waals surface area contributed by atoms with Crippen molar-refractivity contribution in [1.82, 2.24) is 0 Å². The SMILES string of the molecule is CC(C)(C)[Si](C)(C)OS(=O)(=O)C(F)(F)F.[Ar]. The molecule has 16 heavy (non-hydrogen) atoms. The van der Waals surface area contributed by atoms with Crippen LogP contribution in [0.25, 0.3) is 0 Å². The van der Waals surface area contributed by atoms with E-state index in [0.29, 0.717) is 0 Å². The zero-order valence-electron chi connectivity index (χ0n) is 9.62. The van der Waals surface area contributed by atoms with E-state index < -0.39 is 29.0 Å². The molecule has 0 N–H and O–H groups in total. The molecule has 0 spiro atoms. The second kappa shape index (κ2) is 5.44. The van der Waals surface area contributed by atoms with Gasteiger partial charge in [-0.05, 0) is 18.1 Å². The standard InChI is InChI=1S/C7H15F3O3SSi.Ar/c1-6(2,3)15(4,5)13-14(11,12)7(8,9)10;/h1-5H3;. The van der Waals surface area contributed by atoms with Crippen LogP contribution in [0.1, 0.15) is 20.8 Å². The molecule has 9 heteroatoms. The fourth-order valence-electron chi connectivity index (χ4n) is 0.447. The Hall–Kier alpha value is 1.18. The van der Waals surface area contributed by atoms with Gasteiger partial charge in [0.05, 0.1) is 0 Å². The summed E-state index contributed by atoms with van der Waals surface area (Å²) >= 11 is 0. The Labute approximate surface area is 125 Å². The molecule has 0 aliphatic rings. The van der Waals surface area contributed by atoms with Crippen LogP contribution in [0.5, 0.6) is 0 Å². The van der Waals surface area contributed by atoms with Gasteiger partial charge in [-0.25, -0.2) is 0 Å². The van der Waals surface area contributed by atoms with Crippen molar-refractivity contribution in [2.24, 2.45) is 0 Å². The molecule has 0 unspecified atom stereocenters. The van der Waals surface area contributed by atoms with Crippen LogP contribution in [0.2, 0.25) is 18.1 Å². The average molecular weight is 304 g/mol. The molecule has 0 rings (SSSR count). The average Bonchev–Trinajstić information content (AvgIpc) is 1.77. The van der Waals surface area contributed by atoms with Crippen molar-refractivity contribution >= 4 is 18.4 Å². The fraction of sp³-hybridized carbons (Fsp3) is 1.00. The molecule has 0 aromatic carbocycles. The van der Waals surface area contributed by atoms with Crippen molar-refractivity contribution in [2.45, 2.75) is 44.4 Å². The molecular formula is C7H15ArF3O3SSi. The van der Waals surface area contributed by atoms with Crippen LogP contribution in [0.15, 0.2) is 0 Å². The number of halogens is 3. The molecule has 0 bridgehead atoms. The van der Waals surface area contributed by atoms with Gasteiger partial charge < -0.3 is 3.87 Å². The van der Waals surface area contributed by atoms with Crippen molar-refractivity contribution in [3.63, 3.8) is 0 Å². The maximum Gasteiger partial charge on any atom is 0.522 e. The second-order valence-corrected chi connectivity index (χ2v) is 11.3. The van der Waals surface area contributed by atoms with Crippen LogP contribution < -0.4 is 0 Å². The van der Waals surface area contributed by atoms with Crippen molar-refractivity contribution in [1.29, 1.82) is 0 Å². The number of alkyl halides is 3. The van der Waals surface area contributed by atoms with E-state index in [1.807, 2.05) is 0 Å². The number of hydrogen-bond acceptors (Lipinski definition) is 3. The largest absolute Gasteiger partial charge is 0.522 e. The van der Waals surface area contributed by atoms with Crippen molar-refractivity contribution in [3.8, 4) is 0 Å². The summed E-state index contributed by atoms with van der Waals surface area (Å²) in [5.74, 6) is 0. The van der Waals surface area contributed by atoms with Gasteiger partial charge in [0.15, 0.2) is 0 Å². The van der Waals surface area contributed by atoms with E-state index in [0.717, 1.165) is 0 Å². The Kier molecular flexibility index (Phi) is 6.63. The van der Waals surface area contributed by atoms with E-state index in [9.17, 15) is 21.6 Å². The molecule has 0 saturated carbocycles. The van der Waals surface area contributed by atoms with Gasteiger partial charge in [-0.2, -0.15) is 21.6 Å². The summed E-state index contributed by atoms with van der Waals surface area (Å²) in [6, 6.07) is 0. The predicted molar refractivity (Wildman–Crippen MR) is 53.3 cm³/mol. The smallest absolute Gasteiger partial charge is 0.308 e. The first-order chi connectivity index (χ1) is 6.21. The molecular weight excluding hydrogens is 289 g/mol. The van der Waals surface area contributed by atoms with Crippen molar-refractivity contribution in [2.75, 3.05) is 0 Å². The molecule has 0 heterocycles. The van der Waals surface area contributed by atoms with Gasteiger partial charge in [0.25, 0.3) is 0 Å². The maximum atomic E-state index is 12.1. The number of rotatable bonds is 2. The molecule has 0 atom stereocenters. The Morgan fingerprint density at radius 1 is 1.06 bits per heavy atom. The Bertz CT molecular complexity index is 332. The monoisotopic (exact) mass is 304 g/mol. The normalized spacial score (nSPS) is 14.5. The molecule has 0 aromatic rings. The minimum Gasteiger partial charge on any atom is -0.308 e. The zero-order valence-corrected chi connectivity index (χ0v) is 12.1. The third-order valence-corrected chi connectivity index (χ3v) is 9.13. The van der Waals surface area contributed by atoms with Gasteiger partial charge in [-0.3, -0.25) is 0 Å². The molecule has 0 radical (unpaired) electrons. The minimum absolute atomic E-state index is 0. The van der Waals surface area contributed by atoms with Gasteiger partial charge in [0.1, 0.15) is 0 Å². The summed E-state index contributed by atoms with van der Waals surface area (Å²) in [6.45, 7) is 7.86. The Morgan fingerprint density at radius 2 is 1.38 bits per heavy atom. The fourth-order valence-corrected chi connectivity index (χ4v) is 4.02. The summed E-state index contributed by atoms with van der Waals surface area (Å²) in [7, 11) is -8.43. The first-order valence-electron chi connectivity index (χ1n) is 4.23. The molecule has 0 fully saturated rings. The second-order valence-electron chi connectivity index (χ2n) is 4.74. The van der Waals surface area contributed by atoms with Gasteiger partial charge in [-0.1, -0.05) is 20.8 Å². The van der Waals surface area contributed by atoms with Crippen LogP contribution in [0, 0.1) is 37.7 Å². The molecule has 0 amide bonds. The van der Waals surface area contributed by atoms with Gasteiger partial charge in [0, 0.05) is 37.7 Å². The quantitative estimate of drug-likeness (QED) is 0.582. The zero-order chi connectivity index (χ0) is 12.7. The molecule has 100 valence electrons. The maximum absolute atomic E-state index is 12.1. The summed E-state index contributed by atoms with van der Waals surface area (Å²) in [5, 5.41) is -0.592. The number of hydrogen-bond donors (Lipinski definition) is 0. The Morgan fingerprint density at radius 3 is 1.56 bits per heavy atom. The first kappa shape index (κ1) is 19.5. The summed E-state index contributed by atoms with van der Waals surface area (Å²) in [5.41, 5.74) is -5.34. The van der Waals surface area contributed by atoms with E-state index in [1.165, 1.54) is 13.1 Å². The van der Waals surface area contributed by atoms with Crippen LogP contribution in [0.3, 0.4) is 0 Å². The summed E-state index contributed by atoms with van der Waals surface area (Å²) in [6.07, 6.45) is 0. The van der Waals surface area contributed by atoms with Crippen molar-refractivity contribution in [3.05, 3.63) is 0 Å². The van der Waals surface area contributed by atoms with Crippen LogP contribution in [-0.2, 0) is 14.0 Å². The van der Waals surface area contributed by atoms with Crippen LogP contribution in [0.4, 0.5) is 13.2 Å². The molecule has 0 aliphatic carbocycles. The first-order valence-corrected chi connectivity index (χ1v) is 8.54. The van der Waals surface area contributed by atoms with E-state index in [-0.39, 0.29) is 37.7 Å². The molecule has 0 saturated heterocycles. The molecule has 0 aromatic heterocycles. The van der Waals surface area contributed by atoms with Crippen LogP contribution in [-0.4, -0.2) is 22.2 Å². The minimum atomic E-state index is -5.48. The van der Waals surface area contributed by atoms with E-state index in [1.54, 1.807) is 20.8 Å². The van der Waals surface area contributed by atoms with E-state index >= 15 is 0 Å². The Balaban J connectivity index is 0. The predicted octanol–water partition coefficient (Wildman–Crippen LogP) is 2.86.